The van der Waals surface area contributed by atoms with E-state index in [-0.39, 0.29) is 29.1 Å². The number of hydrogen-bond acceptors (Lipinski definition) is 6. The van der Waals surface area contributed by atoms with Crippen LogP contribution in [0.2, 0.25) is 0 Å². The van der Waals surface area contributed by atoms with Crippen LogP contribution in [-0.2, 0) is 9.84 Å². The molecule has 2 heterocycles. The van der Waals surface area contributed by atoms with Gasteiger partial charge in [-0.3, -0.25) is 4.79 Å². The highest BCUT2D eigenvalue weighted by Gasteiger charge is 2.34. The number of aromatic nitrogens is 2. The van der Waals surface area contributed by atoms with Gasteiger partial charge >= 0.3 is 0 Å². The van der Waals surface area contributed by atoms with Crippen molar-refractivity contribution in [3.8, 4) is 0 Å². The van der Waals surface area contributed by atoms with E-state index in [9.17, 15) is 13.2 Å². The van der Waals surface area contributed by atoms with Crippen LogP contribution < -0.4 is 4.90 Å². The standard InChI is InChI=1S/C17H28N4O3S/c1-4-8-20(9-5-2)16-12-18-15(11-19-16)17(22)21(6-3)14-7-10-25(23,24)13-14/h11-12,14H,4-10,13H2,1-3H3. The van der Waals surface area contributed by atoms with Crippen LogP contribution in [-0.4, -0.2) is 66.4 Å². The maximum atomic E-state index is 12.7. The Balaban J connectivity index is 2.13. The first-order valence-corrected chi connectivity index (χ1v) is 10.8. The first-order chi connectivity index (χ1) is 11.9. The van der Waals surface area contributed by atoms with E-state index in [1.165, 1.54) is 6.20 Å². The van der Waals surface area contributed by atoms with Crippen LogP contribution in [0.15, 0.2) is 12.4 Å². The lowest BCUT2D eigenvalue weighted by Crippen LogP contribution is -2.41. The monoisotopic (exact) mass is 368 g/mol. The van der Waals surface area contributed by atoms with Crippen molar-refractivity contribution in [3.05, 3.63) is 18.1 Å². The molecule has 1 aliphatic heterocycles. The van der Waals surface area contributed by atoms with Crippen LogP contribution >= 0.6 is 0 Å². The van der Waals surface area contributed by atoms with Gasteiger partial charge in [0.05, 0.1) is 23.9 Å². The predicted molar refractivity (Wildman–Crippen MR) is 98.6 cm³/mol. The summed E-state index contributed by atoms with van der Waals surface area (Å²) in [5.41, 5.74) is 0.267. The lowest BCUT2D eigenvalue weighted by molar-refractivity contribution is 0.0702. The normalized spacial score (nSPS) is 18.9. The minimum absolute atomic E-state index is 0.0405. The SMILES string of the molecule is CCCN(CCC)c1cnc(C(=O)N(CC)C2CCS(=O)(=O)C2)cn1. The van der Waals surface area contributed by atoms with E-state index in [0.29, 0.717) is 13.0 Å². The van der Waals surface area contributed by atoms with Gasteiger partial charge in [-0.15, -0.1) is 0 Å². The van der Waals surface area contributed by atoms with Crippen molar-refractivity contribution in [1.29, 1.82) is 0 Å². The predicted octanol–water partition coefficient (Wildman–Crippen LogP) is 1.75. The Morgan fingerprint density at radius 2 is 1.84 bits per heavy atom. The summed E-state index contributed by atoms with van der Waals surface area (Å²) in [7, 11) is -3.03. The molecule has 0 N–H and O–H groups in total. The minimum Gasteiger partial charge on any atom is -0.355 e. The second kappa shape index (κ2) is 8.60. The Morgan fingerprint density at radius 1 is 1.16 bits per heavy atom. The number of amides is 1. The number of hydrogen-bond donors (Lipinski definition) is 0. The molecule has 1 aromatic rings. The Morgan fingerprint density at radius 3 is 2.28 bits per heavy atom. The molecule has 0 aromatic carbocycles. The van der Waals surface area contributed by atoms with Gasteiger partial charge in [0.2, 0.25) is 0 Å². The Bertz CT molecular complexity index is 670. The highest BCUT2D eigenvalue weighted by molar-refractivity contribution is 7.91. The van der Waals surface area contributed by atoms with E-state index in [4.69, 9.17) is 0 Å². The summed E-state index contributed by atoms with van der Waals surface area (Å²) in [4.78, 5) is 25.2. The zero-order chi connectivity index (χ0) is 18.4. The van der Waals surface area contributed by atoms with Crippen LogP contribution in [0.3, 0.4) is 0 Å². The fourth-order valence-corrected chi connectivity index (χ4v) is 4.94. The van der Waals surface area contributed by atoms with Gasteiger partial charge in [-0.1, -0.05) is 13.8 Å². The van der Waals surface area contributed by atoms with E-state index < -0.39 is 9.84 Å². The average Bonchev–Trinajstić information content (AvgIpc) is 2.95. The van der Waals surface area contributed by atoms with Crippen molar-refractivity contribution in [1.82, 2.24) is 14.9 Å². The number of rotatable bonds is 8. The maximum absolute atomic E-state index is 12.7. The molecule has 1 atom stereocenters. The lowest BCUT2D eigenvalue weighted by Gasteiger charge is -2.26. The molecule has 0 bridgehead atoms. The molecule has 0 aliphatic carbocycles. The average molecular weight is 369 g/mol. The van der Waals surface area contributed by atoms with Gasteiger partial charge in [-0.2, -0.15) is 0 Å². The van der Waals surface area contributed by atoms with Crippen molar-refractivity contribution >= 4 is 21.6 Å². The van der Waals surface area contributed by atoms with Crippen LogP contribution in [0.25, 0.3) is 0 Å². The van der Waals surface area contributed by atoms with Crippen LogP contribution in [0.1, 0.15) is 50.5 Å². The number of sulfone groups is 1. The van der Waals surface area contributed by atoms with E-state index in [1.807, 2.05) is 6.92 Å². The molecule has 0 spiro atoms. The fourth-order valence-electron chi connectivity index (χ4n) is 3.21. The Hall–Kier alpha value is -1.70. The van der Waals surface area contributed by atoms with Crippen LogP contribution in [0.5, 0.6) is 0 Å². The van der Waals surface area contributed by atoms with Gasteiger partial charge in [0.25, 0.3) is 5.91 Å². The van der Waals surface area contributed by atoms with E-state index in [2.05, 4.69) is 28.7 Å². The van der Waals surface area contributed by atoms with Gasteiger partial charge in [0.1, 0.15) is 11.5 Å². The summed E-state index contributed by atoms with van der Waals surface area (Å²) in [6.07, 6.45) is 5.67. The molecule has 0 saturated carbocycles. The Kier molecular flexibility index (Phi) is 6.75. The molecule has 140 valence electrons. The first-order valence-electron chi connectivity index (χ1n) is 9.00. The number of nitrogens with zero attached hydrogens (tertiary/aromatic N) is 4. The molecule has 1 aromatic heterocycles. The fraction of sp³-hybridized carbons (Fsp3) is 0.706. The molecule has 1 unspecified atom stereocenters. The molecule has 1 fully saturated rings. The molecular formula is C17H28N4O3S. The van der Waals surface area contributed by atoms with Gasteiger partial charge < -0.3 is 9.80 Å². The zero-order valence-electron chi connectivity index (χ0n) is 15.3. The maximum Gasteiger partial charge on any atom is 0.274 e. The lowest BCUT2D eigenvalue weighted by atomic mass is 10.2. The van der Waals surface area contributed by atoms with E-state index in [0.717, 1.165) is 31.7 Å². The summed E-state index contributed by atoms with van der Waals surface area (Å²) in [6, 6.07) is -0.263. The second-order valence-electron chi connectivity index (χ2n) is 6.39. The smallest absolute Gasteiger partial charge is 0.274 e. The molecule has 1 amide bonds. The Labute approximate surface area is 150 Å². The summed E-state index contributed by atoms with van der Waals surface area (Å²) in [6.45, 7) is 8.34. The van der Waals surface area contributed by atoms with E-state index >= 15 is 0 Å². The molecule has 25 heavy (non-hydrogen) atoms. The summed E-state index contributed by atoms with van der Waals surface area (Å²) >= 11 is 0. The molecule has 1 saturated heterocycles. The number of carbonyl (C=O) groups excluding carboxylic acids is 1. The van der Waals surface area contributed by atoms with Gasteiger partial charge in [-0.25, -0.2) is 18.4 Å². The highest BCUT2D eigenvalue weighted by atomic mass is 32.2. The van der Waals surface area contributed by atoms with Crippen molar-refractivity contribution in [2.45, 2.75) is 46.1 Å². The van der Waals surface area contributed by atoms with Crippen molar-refractivity contribution in [2.24, 2.45) is 0 Å². The first kappa shape index (κ1) is 19.6. The second-order valence-corrected chi connectivity index (χ2v) is 8.62. The van der Waals surface area contributed by atoms with Crippen molar-refractivity contribution in [2.75, 3.05) is 36.0 Å². The van der Waals surface area contributed by atoms with E-state index in [1.54, 1.807) is 11.1 Å². The zero-order valence-corrected chi connectivity index (χ0v) is 16.1. The summed E-state index contributed by atoms with van der Waals surface area (Å²) in [5.74, 6) is 0.710. The minimum atomic E-state index is -3.03. The number of carbonyl (C=O) groups is 1. The molecular weight excluding hydrogens is 340 g/mol. The molecule has 1 aliphatic rings. The molecule has 7 nitrogen and oxygen atoms in total. The summed E-state index contributed by atoms with van der Waals surface area (Å²) < 4.78 is 23.4. The van der Waals surface area contributed by atoms with Crippen LogP contribution in [0, 0.1) is 0 Å². The largest absolute Gasteiger partial charge is 0.355 e. The van der Waals surface area contributed by atoms with Gasteiger partial charge in [0, 0.05) is 25.7 Å². The molecule has 0 radical (unpaired) electrons. The van der Waals surface area contributed by atoms with Gasteiger partial charge in [-0.05, 0) is 26.2 Å². The molecule has 2 rings (SSSR count). The molecule has 8 heteroatoms. The topological polar surface area (TPSA) is 83.5 Å². The number of anilines is 1. The van der Waals surface area contributed by atoms with Gasteiger partial charge in [0.15, 0.2) is 9.84 Å². The third-order valence-corrected chi connectivity index (χ3v) is 6.17. The van der Waals surface area contributed by atoms with Crippen molar-refractivity contribution in [3.63, 3.8) is 0 Å². The van der Waals surface area contributed by atoms with Crippen molar-refractivity contribution < 1.29 is 13.2 Å². The quantitative estimate of drug-likeness (QED) is 0.695. The summed E-state index contributed by atoms with van der Waals surface area (Å²) in [5, 5.41) is 0. The third-order valence-electron chi connectivity index (χ3n) is 4.42. The van der Waals surface area contributed by atoms with Crippen LogP contribution in [0.4, 0.5) is 5.82 Å². The third kappa shape index (κ3) is 4.90. The highest BCUT2D eigenvalue weighted by Crippen LogP contribution is 2.20.